The summed E-state index contributed by atoms with van der Waals surface area (Å²) in [7, 11) is -1.85. The SMILES string of the molecule is Cn1c(=S)n(C[NH+]2CCOCC2)c2cc(S(N)(=O)=O)ccc21. The van der Waals surface area contributed by atoms with Gasteiger partial charge in [-0.3, -0.25) is 4.57 Å². The Hall–Kier alpha value is -1.26. The van der Waals surface area contributed by atoms with Gasteiger partial charge in [-0.05, 0) is 30.4 Å². The number of morpholine rings is 1. The fourth-order valence-corrected chi connectivity index (χ4v) is 3.56. The molecule has 9 heteroatoms. The third-order valence-corrected chi connectivity index (χ3v) is 5.43. The number of sulfonamides is 1. The first-order valence-corrected chi connectivity index (χ1v) is 8.97. The van der Waals surface area contributed by atoms with Crippen LogP contribution >= 0.6 is 12.2 Å². The standard InChI is InChI=1S/C13H18N4O3S2/c1-15-11-3-2-10(22(14,18)19)8-12(11)17(13(15)21)9-16-4-6-20-7-5-16/h2-3,8H,4-7,9H2,1H3,(H2,14,18,19)/p+1. The van der Waals surface area contributed by atoms with E-state index in [1.807, 2.05) is 16.2 Å². The van der Waals surface area contributed by atoms with Crippen LogP contribution in [0.1, 0.15) is 0 Å². The van der Waals surface area contributed by atoms with Gasteiger partial charge in [0.25, 0.3) is 0 Å². The minimum Gasteiger partial charge on any atom is -0.370 e. The Labute approximate surface area is 133 Å². The average Bonchev–Trinajstić information content (AvgIpc) is 2.72. The van der Waals surface area contributed by atoms with Crippen molar-refractivity contribution in [2.24, 2.45) is 12.2 Å². The van der Waals surface area contributed by atoms with Crippen LogP contribution in [-0.2, 0) is 28.5 Å². The molecule has 120 valence electrons. The van der Waals surface area contributed by atoms with E-state index < -0.39 is 10.0 Å². The molecule has 1 aromatic heterocycles. The first-order chi connectivity index (χ1) is 10.4. The van der Waals surface area contributed by atoms with Crippen LogP contribution in [0.2, 0.25) is 0 Å². The summed E-state index contributed by atoms with van der Waals surface area (Å²) in [6.07, 6.45) is 0. The number of rotatable bonds is 3. The topological polar surface area (TPSA) is 83.7 Å². The Bertz CT molecular complexity index is 863. The molecule has 0 aliphatic carbocycles. The summed E-state index contributed by atoms with van der Waals surface area (Å²) in [5.41, 5.74) is 1.68. The number of nitrogens with zero attached hydrogens (tertiary/aromatic N) is 2. The Balaban J connectivity index is 2.11. The molecule has 0 radical (unpaired) electrons. The third-order valence-electron chi connectivity index (χ3n) is 4.03. The van der Waals surface area contributed by atoms with Crippen molar-refractivity contribution in [1.29, 1.82) is 0 Å². The van der Waals surface area contributed by atoms with Gasteiger partial charge in [0, 0.05) is 7.05 Å². The minimum atomic E-state index is -3.73. The Kier molecular flexibility index (Phi) is 4.08. The van der Waals surface area contributed by atoms with E-state index in [0.29, 0.717) is 11.4 Å². The summed E-state index contributed by atoms with van der Waals surface area (Å²) in [6, 6.07) is 4.86. The van der Waals surface area contributed by atoms with Crippen LogP contribution in [0.4, 0.5) is 0 Å². The van der Waals surface area contributed by atoms with Gasteiger partial charge in [0.15, 0.2) is 11.4 Å². The Morgan fingerprint density at radius 2 is 2.00 bits per heavy atom. The first-order valence-electron chi connectivity index (χ1n) is 7.01. The van der Waals surface area contributed by atoms with Crippen LogP contribution < -0.4 is 10.0 Å². The Morgan fingerprint density at radius 3 is 2.64 bits per heavy atom. The van der Waals surface area contributed by atoms with Gasteiger partial charge in [0.2, 0.25) is 10.0 Å². The van der Waals surface area contributed by atoms with Crippen LogP contribution in [0, 0.1) is 4.77 Å². The molecule has 1 aliphatic rings. The molecule has 1 aromatic carbocycles. The second-order valence-electron chi connectivity index (χ2n) is 5.49. The monoisotopic (exact) mass is 343 g/mol. The smallest absolute Gasteiger partial charge is 0.238 e. The first kappa shape index (κ1) is 15.6. The van der Waals surface area contributed by atoms with Crippen molar-refractivity contribution in [3.05, 3.63) is 23.0 Å². The summed E-state index contributed by atoms with van der Waals surface area (Å²) < 4.78 is 33.1. The lowest BCUT2D eigenvalue weighted by atomic mass is 10.3. The van der Waals surface area contributed by atoms with Crippen LogP contribution in [-0.4, -0.2) is 43.9 Å². The zero-order valence-electron chi connectivity index (χ0n) is 12.3. The van der Waals surface area contributed by atoms with Crippen LogP contribution in [0.3, 0.4) is 0 Å². The lowest BCUT2D eigenvalue weighted by molar-refractivity contribution is -0.930. The molecule has 2 heterocycles. The number of nitrogens with one attached hydrogen (secondary N) is 1. The molecule has 0 saturated carbocycles. The molecule has 3 rings (SSSR count). The number of imidazole rings is 1. The predicted octanol–water partition coefficient (Wildman–Crippen LogP) is -0.771. The van der Waals surface area contributed by atoms with E-state index in [4.69, 9.17) is 22.1 Å². The van der Waals surface area contributed by atoms with E-state index in [2.05, 4.69) is 0 Å². The quantitative estimate of drug-likeness (QED) is 0.717. The maximum Gasteiger partial charge on any atom is 0.238 e. The van der Waals surface area contributed by atoms with Crippen LogP contribution in [0.25, 0.3) is 11.0 Å². The molecule has 1 fully saturated rings. The van der Waals surface area contributed by atoms with Gasteiger partial charge in [-0.1, -0.05) is 0 Å². The fraction of sp³-hybridized carbons (Fsp3) is 0.462. The van der Waals surface area contributed by atoms with Crippen LogP contribution in [0.5, 0.6) is 0 Å². The van der Waals surface area contributed by atoms with Crippen molar-refractivity contribution in [3.63, 3.8) is 0 Å². The molecule has 0 unspecified atom stereocenters. The number of fused-ring (bicyclic) bond motifs is 1. The second kappa shape index (κ2) is 5.74. The molecule has 0 amide bonds. The number of benzene rings is 1. The van der Waals surface area contributed by atoms with Crippen LogP contribution in [0.15, 0.2) is 23.1 Å². The number of hydrogen-bond acceptors (Lipinski definition) is 4. The molecule has 1 aliphatic heterocycles. The van der Waals surface area contributed by atoms with Crippen molar-refractivity contribution in [3.8, 4) is 0 Å². The number of ether oxygens (including phenoxy) is 1. The fourth-order valence-electron chi connectivity index (χ4n) is 2.76. The van der Waals surface area contributed by atoms with Gasteiger partial charge in [0.05, 0.1) is 29.1 Å². The zero-order valence-corrected chi connectivity index (χ0v) is 13.9. The van der Waals surface area contributed by atoms with E-state index in [0.717, 1.165) is 37.3 Å². The highest BCUT2D eigenvalue weighted by Crippen LogP contribution is 2.20. The molecule has 0 atom stereocenters. The number of nitrogens with two attached hydrogens (primary N) is 1. The molecular formula is C13H19N4O3S2+. The van der Waals surface area contributed by atoms with E-state index in [9.17, 15) is 8.42 Å². The highest BCUT2D eigenvalue weighted by Gasteiger charge is 2.19. The van der Waals surface area contributed by atoms with Crippen molar-refractivity contribution < 1.29 is 18.1 Å². The number of hydrogen-bond donors (Lipinski definition) is 2. The largest absolute Gasteiger partial charge is 0.370 e. The molecule has 0 bridgehead atoms. The maximum atomic E-state index is 11.6. The summed E-state index contributed by atoms with van der Waals surface area (Å²) in [4.78, 5) is 1.46. The minimum absolute atomic E-state index is 0.103. The van der Waals surface area contributed by atoms with E-state index in [-0.39, 0.29) is 4.90 Å². The van der Waals surface area contributed by atoms with Gasteiger partial charge in [-0.15, -0.1) is 0 Å². The third kappa shape index (κ3) is 2.82. The molecule has 1 saturated heterocycles. The highest BCUT2D eigenvalue weighted by atomic mass is 32.2. The Morgan fingerprint density at radius 1 is 1.32 bits per heavy atom. The number of quaternary nitrogens is 1. The molecule has 7 nitrogen and oxygen atoms in total. The maximum absolute atomic E-state index is 11.6. The van der Waals surface area contributed by atoms with Gasteiger partial charge in [0.1, 0.15) is 13.1 Å². The number of aromatic nitrogens is 2. The van der Waals surface area contributed by atoms with E-state index in [1.54, 1.807) is 12.1 Å². The molecule has 2 aromatic rings. The van der Waals surface area contributed by atoms with Gasteiger partial charge in [-0.2, -0.15) is 0 Å². The number of primary sulfonamides is 1. The van der Waals surface area contributed by atoms with Crippen molar-refractivity contribution >= 4 is 33.3 Å². The normalized spacial score (nSPS) is 17.2. The molecule has 0 spiro atoms. The van der Waals surface area contributed by atoms with Gasteiger partial charge in [-0.25, -0.2) is 13.6 Å². The lowest BCUT2D eigenvalue weighted by Crippen LogP contribution is -3.13. The lowest BCUT2D eigenvalue weighted by Gasteiger charge is -2.24. The van der Waals surface area contributed by atoms with Crippen molar-refractivity contribution in [2.45, 2.75) is 11.6 Å². The van der Waals surface area contributed by atoms with Gasteiger partial charge >= 0.3 is 0 Å². The average molecular weight is 343 g/mol. The summed E-state index contributed by atoms with van der Waals surface area (Å²) in [5.74, 6) is 0. The molecule has 3 N–H and O–H groups in total. The summed E-state index contributed by atoms with van der Waals surface area (Å²) >= 11 is 5.50. The summed E-state index contributed by atoms with van der Waals surface area (Å²) in [6.45, 7) is 3.97. The van der Waals surface area contributed by atoms with Crippen molar-refractivity contribution in [2.75, 3.05) is 26.3 Å². The molecule has 22 heavy (non-hydrogen) atoms. The predicted molar refractivity (Wildman–Crippen MR) is 84.6 cm³/mol. The highest BCUT2D eigenvalue weighted by molar-refractivity contribution is 7.89. The zero-order chi connectivity index (χ0) is 15.9. The van der Waals surface area contributed by atoms with E-state index >= 15 is 0 Å². The number of aryl methyl sites for hydroxylation is 1. The van der Waals surface area contributed by atoms with Crippen molar-refractivity contribution in [1.82, 2.24) is 9.13 Å². The molecular weight excluding hydrogens is 324 g/mol. The van der Waals surface area contributed by atoms with Gasteiger partial charge < -0.3 is 14.2 Å². The van der Waals surface area contributed by atoms with E-state index in [1.165, 1.54) is 11.0 Å². The second-order valence-corrected chi connectivity index (χ2v) is 7.41. The summed E-state index contributed by atoms with van der Waals surface area (Å²) in [5, 5.41) is 5.24.